The van der Waals surface area contributed by atoms with Crippen molar-refractivity contribution in [3.63, 3.8) is 0 Å². The van der Waals surface area contributed by atoms with Gasteiger partial charge in [-0.25, -0.2) is 9.36 Å². The molecule has 0 amide bonds. The number of aromatic nitrogens is 4. The van der Waals surface area contributed by atoms with Crippen LogP contribution in [0.2, 0.25) is 5.02 Å². The molecule has 0 unspecified atom stereocenters. The van der Waals surface area contributed by atoms with E-state index in [-0.39, 0.29) is 18.0 Å². The van der Waals surface area contributed by atoms with Crippen LogP contribution < -0.4 is 16.0 Å². The summed E-state index contributed by atoms with van der Waals surface area (Å²) in [5.41, 5.74) is 0.724. The Labute approximate surface area is 196 Å². The fourth-order valence-corrected chi connectivity index (χ4v) is 4.50. The molecule has 3 heterocycles. The molecule has 0 aliphatic heterocycles. The van der Waals surface area contributed by atoms with Crippen molar-refractivity contribution in [2.24, 2.45) is 0 Å². The number of hydrogen-bond acceptors (Lipinski definition) is 7. The molecule has 0 saturated heterocycles. The van der Waals surface area contributed by atoms with E-state index >= 15 is 0 Å². The van der Waals surface area contributed by atoms with Crippen molar-refractivity contribution in [3.8, 4) is 22.8 Å². The fraction of sp³-hybridized carbons (Fsp3) is 0.130. The number of hydrogen-bond donors (Lipinski definition) is 0. The Balaban J connectivity index is 1.60. The van der Waals surface area contributed by atoms with Gasteiger partial charge in [-0.05, 0) is 54.8 Å². The SMILES string of the molecule is CCOc1ccccc1-c1noc(Cn2c(=O)n(-c3ccc(Cl)cc3)c(=O)c3sccc32)n1. The van der Waals surface area contributed by atoms with Gasteiger partial charge in [0.1, 0.15) is 17.0 Å². The normalized spacial score (nSPS) is 11.2. The summed E-state index contributed by atoms with van der Waals surface area (Å²) < 4.78 is 14.1. The number of halogens is 1. The highest BCUT2D eigenvalue weighted by molar-refractivity contribution is 7.17. The third-order valence-corrected chi connectivity index (χ3v) is 6.17. The van der Waals surface area contributed by atoms with Gasteiger partial charge in [-0.15, -0.1) is 11.3 Å². The highest BCUT2D eigenvalue weighted by Crippen LogP contribution is 2.28. The lowest BCUT2D eigenvalue weighted by Gasteiger charge is -2.10. The van der Waals surface area contributed by atoms with Crippen molar-refractivity contribution >= 4 is 33.2 Å². The van der Waals surface area contributed by atoms with E-state index in [1.165, 1.54) is 15.9 Å². The number of fused-ring (bicyclic) bond motifs is 1. The Hall–Kier alpha value is -3.69. The highest BCUT2D eigenvalue weighted by atomic mass is 35.5. The molecule has 8 nitrogen and oxygen atoms in total. The molecule has 5 aromatic rings. The van der Waals surface area contributed by atoms with Gasteiger partial charge >= 0.3 is 5.69 Å². The smallest absolute Gasteiger partial charge is 0.336 e. The van der Waals surface area contributed by atoms with Gasteiger partial charge in [0.15, 0.2) is 0 Å². The predicted octanol–water partition coefficient (Wildman–Crippen LogP) is 4.36. The van der Waals surface area contributed by atoms with Crippen LogP contribution in [0.4, 0.5) is 0 Å². The average molecular weight is 481 g/mol. The minimum atomic E-state index is -0.511. The van der Waals surface area contributed by atoms with E-state index in [1.807, 2.05) is 31.2 Å². The van der Waals surface area contributed by atoms with Crippen LogP contribution in [-0.4, -0.2) is 25.9 Å². The first-order valence-corrected chi connectivity index (χ1v) is 11.4. The molecule has 0 N–H and O–H groups in total. The van der Waals surface area contributed by atoms with Gasteiger partial charge in [0, 0.05) is 5.02 Å². The van der Waals surface area contributed by atoms with Crippen molar-refractivity contribution in [2.75, 3.05) is 6.61 Å². The van der Waals surface area contributed by atoms with Gasteiger partial charge in [0.05, 0.1) is 23.4 Å². The first-order valence-electron chi connectivity index (χ1n) is 10.1. The van der Waals surface area contributed by atoms with Gasteiger partial charge in [0.2, 0.25) is 11.7 Å². The molecule has 10 heteroatoms. The summed E-state index contributed by atoms with van der Waals surface area (Å²) in [6.45, 7) is 2.40. The summed E-state index contributed by atoms with van der Waals surface area (Å²) in [5, 5.41) is 6.35. The van der Waals surface area contributed by atoms with Crippen LogP contribution >= 0.6 is 22.9 Å². The molecule has 0 radical (unpaired) electrons. The Morgan fingerprint density at radius 3 is 2.67 bits per heavy atom. The zero-order chi connectivity index (χ0) is 22.9. The first kappa shape index (κ1) is 21.2. The second-order valence-electron chi connectivity index (χ2n) is 7.06. The van der Waals surface area contributed by atoms with E-state index in [2.05, 4.69) is 10.1 Å². The second kappa shape index (κ2) is 8.68. The van der Waals surface area contributed by atoms with E-state index in [1.54, 1.807) is 35.7 Å². The average Bonchev–Trinajstić information content (AvgIpc) is 3.49. The standard InChI is InChI=1S/C23H17ClN4O4S/c1-2-31-18-6-4-3-5-16(18)21-25-19(32-26-21)13-27-17-11-12-33-20(17)22(29)28(23(27)30)15-9-7-14(24)8-10-15/h3-12H,2,13H2,1H3. The van der Waals surface area contributed by atoms with Crippen molar-refractivity contribution in [3.05, 3.63) is 91.7 Å². The lowest BCUT2D eigenvalue weighted by atomic mass is 10.2. The maximum atomic E-state index is 13.4. The first-order chi connectivity index (χ1) is 16.1. The van der Waals surface area contributed by atoms with Crippen LogP contribution in [0.5, 0.6) is 5.75 Å². The van der Waals surface area contributed by atoms with Gasteiger partial charge in [0.25, 0.3) is 5.56 Å². The summed E-state index contributed by atoms with van der Waals surface area (Å²) in [4.78, 5) is 30.9. The molecule has 166 valence electrons. The van der Waals surface area contributed by atoms with Gasteiger partial charge in [-0.1, -0.05) is 28.9 Å². The van der Waals surface area contributed by atoms with Crippen LogP contribution in [0.15, 0.2) is 74.1 Å². The molecule has 0 saturated carbocycles. The topological polar surface area (TPSA) is 92.2 Å². The summed E-state index contributed by atoms with van der Waals surface area (Å²) in [6.07, 6.45) is 0. The molecule has 3 aromatic heterocycles. The van der Waals surface area contributed by atoms with Gasteiger partial charge in [-0.2, -0.15) is 4.98 Å². The largest absolute Gasteiger partial charge is 0.493 e. The summed E-state index contributed by atoms with van der Waals surface area (Å²) in [7, 11) is 0. The third kappa shape index (κ3) is 3.85. The summed E-state index contributed by atoms with van der Waals surface area (Å²) in [5.74, 6) is 1.22. The molecule has 0 atom stereocenters. The van der Waals surface area contributed by atoms with Crippen molar-refractivity contribution in [1.29, 1.82) is 0 Å². The molecule has 33 heavy (non-hydrogen) atoms. The number of ether oxygens (including phenoxy) is 1. The van der Waals surface area contributed by atoms with E-state index in [9.17, 15) is 9.59 Å². The summed E-state index contributed by atoms with van der Waals surface area (Å²) in [6, 6.07) is 15.6. The van der Waals surface area contributed by atoms with Gasteiger partial charge in [-0.3, -0.25) is 9.36 Å². The van der Waals surface area contributed by atoms with Crippen LogP contribution in [-0.2, 0) is 6.54 Å². The van der Waals surface area contributed by atoms with E-state index < -0.39 is 5.69 Å². The Morgan fingerprint density at radius 2 is 1.88 bits per heavy atom. The van der Waals surface area contributed by atoms with Crippen LogP contribution in [0, 0.1) is 0 Å². The minimum Gasteiger partial charge on any atom is -0.493 e. The zero-order valence-electron chi connectivity index (χ0n) is 17.4. The molecule has 0 fully saturated rings. The number of thiophene rings is 1. The molecule has 0 spiro atoms. The van der Waals surface area contributed by atoms with Crippen molar-refractivity contribution in [2.45, 2.75) is 13.5 Å². The van der Waals surface area contributed by atoms with Crippen LogP contribution in [0.1, 0.15) is 12.8 Å². The van der Waals surface area contributed by atoms with E-state index in [0.717, 1.165) is 4.57 Å². The lowest BCUT2D eigenvalue weighted by molar-refractivity contribution is 0.340. The quantitative estimate of drug-likeness (QED) is 0.358. The number of rotatable bonds is 6. The second-order valence-corrected chi connectivity index (χ2v) is 8.41. The fourth-order valence-electron chi connectivity index (χ4n) is 3.55. The van der Waals surface area contributed by atoms with Crippen LogP contribution in [0.25, 0.3) is 27.3 Å². The molecule has 5 rings (SSSR count). The zero-order valence-corrected chi connectivity index (χ0v) is 19.0. The maximum Gasteiger partial charge on any atom is 0.336 e. The van der Waals surface area contributed by atoms with Crippen molar-refractivity contribution < 1.29 is 9.26 Å². The Bertz CT molecular complexity index is 1570. The van der Waals surface area contributed by atoms with Crippen LogP contribution in [0.3, 0.4) is 0 Å². The Morgan fingerprint density at radius 1 is 1.09 bits per heavy atom. The number of para-hydroxylation sites is 1. The molecular weight excluding hydrogens is 464 g/mol. The molecular formula is C23H17ClN4O4S. The Kier molecular flexibility index (Phi) is 5.57. The monoisotopic (exact) mass is 480 g/mol. The van der Waals surface area contributed by atoms with Crippen molar-refractivity contribution in [1.82, 2.24) is 19.3 Å². The van der Waals surface area contributed by atoms with Gasteiger partial charge < -0.3 is 9.26 Å². The predicted molar refractivity (Wildman–Crippen MR) is 127 cm³/mol. The molecule has 0 aliphatic rings. The summed E-state index contributed by atoms with van der Waals surface area (Å²) >= 11 is 7.24. The molecule has 0 bridgehead atoms. The van der Waals surface area contributed by atoms with E-state index in [0.29, 0.717) is 44.7 Å². The number of nitrogens with zero attached hydrogens (tertiary/aromatic N) is 4. The maximum absolute atomic E-state index is 13.4. The lowest BCUT2D eigenvalue weighted by Crippen LogP contribution is -2.38. The number of benzene rings is 2. The van der Waals surface area contributed by atoms with E-state index in [4.69, 9.17) is 20.9 Å². The minimum absolute atomic E-state index is 0.00371. The highest BCUT2D eigenvalue weighted by Gasteiger charge is 2.19. The third-order valence-electron chi connectivity index (χ3n) is 5.03. The molecule has 2 aromatic carbocycles. The molecule has 0 aliphatic carbocycles.